The van der Waals surface area contributed by atoms with Crippen molar-refractivity contribution in [3.63, 3.8) is 0 Å². The lowest BCUT2D eigenvalue weighted by Crippen LogP contribution is -2.12. The summed E-state index contributed by atoms with van der Waals surface area (Å²) in [6, 6.07) is 5.96. The van der Waals surface area contributed by atoms with Crippen LogP contribution in [0.4, 0.5) is 0 Å². The zero-order chi connectivity index (χ0) is 19.0. The summed E-state index contributed by atoms with van der Waals surface area (Å²) in [4.78, 5) is 0. The van der Waals surface area contributed by atoms with Crippen molar-refractivity contribution >= 4 is 26.7 Å². The molecule has 2 aromatic rings. The van der Waals surface area contributed by atoms with Crippen LogP contribution < -0.4 is 14.2 Å². The van der Waals surface area contributed by atoms with E-state index in [4.69, 9.17) is 23.7 Å². The van der Waals surface area contributed by atoms with E-state index in [9.17, 15) is 0 Å². The minimum atomic E-state index is -0.233. The van der Waals surface area contributed by atoms with Crippen LogP contribution in [0, 0.1) is 0 Å². The van der Waals surface area contributed by atoms with E-state index < -0.39 is 0 Å². The van der Waals surface area contributed by atoms with Crippen LogP contribution in [-0.4, -0.2) is 32.7 Å². The standard InChI is InChI=1S/C20H25BrO5/c1-10(2)24-16-8-13(20-11(3)25-12(4)26-20)7-14-18(16)15(22-5)9-17(23-6)19(14)21/h7-12,20H,1-6H3/t11-,12-,20-/m0/s1. The van der Waals surface area contributed by atoms with Gasteiger partial charge < -0.3 is 23.7 Å². The molecule has 0 amide bonds. The second-order valence-corrected chi connectivity index (χ2v) is 7.46. The molecule has 6 heteroatoms. The van der Waals surface area contributed by atoms with Gasteiger partial charge in [0, 0.05) is 11.5 Å². The van der Waals surface area contributed by atoms with E-state index in [1.165, 1.54) is 0 Å². The molecular formula is C20H25BrO5. The van der Waals surface area contributed by atoms with Gasteiger partial charge in [0.05, 0.1) is 36.3 Å². The maximum Gasteiger partial charge on any atom is 0.156 e. The van der Waals surface area contributed by atoms with Crippen LogP contribution in [0.3, 0.4) is 0 Å². The Balaban J connectivity index is 2.27. The summed E-state index contributed by atoms with van der Waals surface area (Å²) in [7, 11) is 3.28. The van der Waals surface area contributed by atoms with Crippen LogP contribution in [-0.2, 0) is 9.47 Å². The molecule has 0 spiro atoms. The molecule has 1 saturated heterocycles. The predicted molar refractivity (Wildman–Crippen MR) is 104 cm³/mol. The van der Waals surface area contributed by atoms with Gasteiger partial charge in [-0.1, -0.05) is 0 Å². The molecule has 26 heavy (non-hydrogen) atoms. The first kappa shape index (κ1) is 19.3. The number of fused-ring (bicyclic) bond motifs is 1. The van der Waals surface area contributed by atoms with Crippen LogP contribution in [0.25, 0.3) is 10.8 Å². The SMILES string of the molecule is COc1cc(OC)c2c(OC(C)C)cc([C@H]3O[C@@H](C)O[C@H]3C)cc2c1Br. The highest BCUT2D eigenvalue weighted by atomic mass is 79.9. The Morgan fingerprint density at radius 2 is 1.65 bits per heavy atom. The number of ether oxygens (including phenoxy) is 5. The largest absolute Gasteiger partial charge is 0.496 e. The molecule has 0 aliphatic carbocycles. The third-order valence-electron chi connectivity index (χ3n) is 4.39. The molecule has 3 atom stereocenters. The molecular weight excluding hydrogens is 400 g/mol. The molecule has 1 fully saturated rings. The molecule has 0 unspecified atom stereocenters. The van der Waals surface area contributed by atoms with E-state index in [1.807, 2.05) is 39.8 Å². The van der Waals surface area contributed by atoms with E-state index in [1.54, 1.807) is 14.2 Å². The number of hydrogen-bond acceptors (Lipinski definition) is 5. The van der Waals surface area contributed by atoms with Gasteiger partial charge in [0.25, 0.3) is 0 Å². The highest BCUT2D eigenvalue weighted by molar-refractivity contribution is 9.10. The number of benzene rings is 2. The van der Waals surface area contributed by atoms with Gasteiger partial charge in [0.15, 0.2) is 6.29 Å². The van der Waals surface area contributed by atoms with Gasteiger partial charge in [-0.3, -0.25) is 0 Å². The summed E-state index contributed by atoms with van der Waals surface area (Å²) in [5, 5.41) is 1.85. The van der Waals surface area contributed by atoms with Gasteiger partial charge in [-0.2, -0.15) is 0 Å². The van der Waals surface area contributed by atoms with E-state index in [-0.39, 0.29) is 24.6 Å². The van der Waals surface area contributed by atoms with Crippen molar-refractivity contribution in [2.24, 2.45) is 0 Å². The van der Waals surface area contributed by atoms with Crippen molar-refractivity contribution in [2.75, 3.05) is 14.2 Å². The summed E-state index contributed by atoms with van der Waals surface area (Å²) in [5.41, 5.74) is 1.00. The first-order chi connectivity index (χ1) is 12.3. The fraction of sp³-hybridized carbons (Fsp3) is 0.500. The third kappa shape index (κ3) is 3.50. The second-order valence-electron chi connectivity index (χ2n) is 6.67. The molecule has 0 radical (unpaired) electrons. The van der Waals surface area contributed by atoms with Crippen LogP contribution in [0.1, 0.15) is 39.4 Å². The Bertz CT molecular complexity index is 805. The molecule has 0 N–H and O–H groups in total. The fourth-order valence-corrected chi connectivity index (χ4v) is 3.93. The van der Waals surface area contributed by atoms with Crippen molar-refractivity contribution in [1.82, 2.24) is 0 Å². The van der Waals surface area contributed by atoms with Gasteiger partial charge in [0.1, 0.15) is 23.4 Å². The quantitative estimate of drug-likeness (QED) is 0.657. The van der Waals surface area contributed by atoms with Crippen LogP contribution in [0.2, 0.25) is 0 Å². The predicted octanol–water partition coefficient (Wildman–Crippen LogP) is 5.23. The lowest BCUT2D eigenvalue weighted by atomic mass is 9.99. The number of hydrogen-bond donors (Lipinski definition) is 0. The molecule has 0 saturated carbocycles. The molecule has 0 bridgehead atoms. The molecule has 2 aromatic carbocycles. The number of rotatable bonds is 5. The smallest absolute Gasteiger partial charge is 0.156 e. The van der Waals surface area contributed by atoms with Crippen LogP contribution >= 0.6 is 15.9 Å². The summed E-state index contributed by atoms with van der Waals surface area (Å²) >= 11 is 3.67. The summed E-state index contributed by atoms with van der Waals surface area (Å²) < 4.78 is 29.8. The molecule has 5 nitrogen and oxygen atoms in total. The Morgan fingerprint density at radius 3 is 2.19 bits per heavy atom. The van der Waals surface area contributed by atoms with Gasteiger partial charge in [-0.25, -0.2) is 0 Å². The lowest BCUT2D eigenvalue weighted by molar-refractivity contribution is -0.0494. The van der Waals surface area contributed by atoms with Gasteiger partial charge in [-0.15, -0.1) is 0 Å². The summed E-state index contributed by atoms with van der Waals surface area (Å²) in [5.74, 6) is 2.15. The van der Waals surface area contributed by atoms with Crippen LogP contribution in [0.15, 0.2) is 22.7 Å². The Labute approximate surface area is 162 Å². The second kappa shape index (κ2) is 7.62. The lowest BCUT2D eigenvalue weighted by Gasteiger charge is -2.21. The molecule has 1 heterocycles. The van der Waals surface area contributed by atoms with E-state index in [0.29, 0.717) is 11.5 Å². The maximum atomic E-state index is 6.12. The summed E-state index contributed by atoms with van der Waals surface area (Å²) in [6.45, 7) is 7.93. The van der Waals surface area contributed by atoms with Gasteiger partial charge in [-0.05, 0) is 61.3 Å². The van der Waals surface area contributed by atoms with E-state index in [0.717, 1.165) is 26.6 Å². The Hall–Kier alpha value is -1.50. The topological polar surface area (TPSA) is 46.2 Å². The Morgan fingerprint density at radius 1 is 0.962 bits per heavy atom. The highest BCUT2D eigenvalue weighted by Crippen LogP contribution is 2.46. The van der Waals surface area contributed by atoms with E-state index >= 15 is 0 Å². The number of methoxy groups -OCH3 is 2. The Kier molecular flexibility index (Phi) is 5.65. The monoisotopic (exact) mass is 424 g/mol. The molecule has 0 aromatic heterocycles. The van der Waals surface area contributed by atoms with Crippen molar-refractivity contribution < 1.29 is 23.7 Å². The molecule has 1 aliphatic rings. The molecule has 1 aliphatic heterocycles. The van der Waals surface area contributed by atoms with Crippen molar-refractivity contribution in [3.05, 3.63) is 28.2 Å². The zero-order valence-corrected chi connectivity index (χ0v) is 17.5. The van der Waals surface area contributed by atoms with Crippen molar-refractivity contribution in [2.45, 2.75) is 52.3 Å². The zero-order valence-electron chi connectivity index (χ0n) is 16.0. The fourth-order valence-electron chi connectivity index (χ4n) is 3.34. The first-order valence-electron chi connectivity index (χ1n) is 8.71. The van der Waals surface area contributed by atoms with Crippen molar-refractivity contribution in [3.8, 4) is 17.2 Å². The third-order valence-corrected chi connectivity index (χ3v) is 5.21. The van der Waals surface area contributed by atoms with Crippen molar-refractivity contribution in [1.29, 1.82) is 0 Å². The molecule has 142 valence electrons. The average molecular weight is 425 g/mol. The summed E-state index contributed by atoms with van der Waals surface area (Å²) in [6.07, 6.45) is -0.409. The average Bonchev–Trinajstić information content (AvgIpc) is 2.93. The van der Waals surface area contributed by atoms with E-state index in [2.05, 4.69) is 22.0 Å². The van der Waals surface area contributed by atoms with Gasteiger partial charge in [0.2, 0.25) is 0 Å². The normalized spacial score (nSPS) is 22.8. The first-order valence-corrected chi connectivity index (χ1v) is 9.50. The highest BCUT2D eigenvalue weighted by Gasteiger charge is 2.33. The van der Waals surface area contributed by atoms with Gasteiger partial charge >= 0.3 is 0 Å². The minimum absolute atomic E-state index is 0.0242. The maximum absolute atomic E-state index is 6.12. The number of halogens is 1. The molecule has 3 rings (SSSR count). The van der Waals surface area contributed by atoms with Crippen LogP contribution in [0.5, 0.6) is 17.2 Å². The minimum Gasteiger partial charge on any atom is -0.496 e.